The Labute approximate surface area is 95.4 Å². The fourth-order valence-electron chi connectivity index (χ4n) is 3.22. The lowest BCUT2D eigenvalue weighted by molar-refractivity contribution is -0.0235. The van der Waals surface area contributed by atoms with E-state index in [2.05, 4.69) is 5.32 Å². The van der Waals surface area contributed by atoms with Gasteiger partial charge in [0, 0.05) is 12.6 Å². The normalized spacial score (nSPS) is 30.4. The number of aliphatic hydroxyl groups excluding tert-OH is 1. The first-order valence-corrected chi connectivity index (χ1v) is 6.34. The minimum atomic E-state index is -2.63. The van der Waals surface area contributed by atoms with Crippen LogP contribution in [0, 0.1) is 5.41 Å². The topological polar surface area (TPSA) is 32.3 Å². The van der Waals surface area contributed by atoms with E-state index in [0.29, 0.717) is 11.5 Å². The lowest BCUT2D eigenvalue weighted by Gasteiger charge is -2.52. The van der Waals surface area contributed by atoms with Gasteiger partial charge in [-0.05, 0) is 31.1 Å². The molecule has 0 amide bonds. The van der Waals surface area contributed by atoms with Gasteiger partial charge in [-0.2, -0.15) is 0 Å². The Hall–Kier alpha value is -0.220. The van der Waals surface area contributed by atoms with E-state index < -0.39 is 12.5 Å². The van der Waals surface area contributed by atoms with Crippen molar-refractivity contribution < 1.29 is 13.9 Å². The summed E-state index contributed by atoms with van der Waals surface area (Å²) in [4.78, 5) is 0. The molecule has 2 aliphatic rings. The number of rotatable bonds is 4. The van der Waals surface area contributed by atoms with Crippen LogP contribution >= 0.6 is 0 Å². The maximum absolute atomic E-state index is 12.1. The van der Waals surface area contributed by atoms with Gasteiger partial charge in [-0.15, -0.1) is 0 Å². The standard InChI is InChI=1S/C12H21F2NO/c13-11(14)9(16)8-15-10-4-7-12(10)5-2-1-3-6-12/h9-11,15-16H,1-8H2. The van der Waals surface area contributed by atoms with Gasteiger partial charge in [0.15, 0.2) is 0 Å². The van der Waals surface area contributed by atoms with Gasteiger partial charge in [0.2, 0.25) is 0 Å². The Morgan fingerprint density at radius 2 is 1.88 bits per heavy atom. The number of hydrogen-bond donors (Lipinski definition) is 2. The summed E-state index contributed by atoms with van der Waals surface area (Å²) in [5, 5.41) is 12.2. The third-order valence-corrected chi connectivity index (χ3v) is 4.38. The predicted molar refractivity (Wildman–Crippen MR) is 58.6 cm³/mol. The monoisotopic (exact) mass is 233 g/mol. The van der Waals surface area contributed by atoms with Crippen LogP contribution in [0.4, 0.5) is 8.78 Å². The largest absolute Gasteiger partial charge is 0.386 e. The summed E-state index contributed by atoms with van der Waals surface area (Å²) in [5.74, 6) is 0. The summed E-state index contributed by atoms with van der Waals surface area (Å²) in [6.45, 7) is 0.0318. The van der Waals surface area contributed by atoms with Crippen LogP contribution in [0.3, 0.4) is 0 Å². The Morgan fingerprint density at radius 1 is 1.19 bits per heavy atom. The summed E-state index contributed by atoms with van der Waals surface area (Å²) in [7, 11) is 0. The van der Waals surface area contributed by atoms with Gasteiger partial charge in [-0.25, -0.2) is 8.78 Å². The van der Waals surface area contributed by atoms with Crippen LogP contribution in [0.25, 0.3) is 0 Å². The van der Waals surface area contributed by atoms with Crippen LogP contribution in [-0.2, 0) is 0 Å². The molecule has 2 aliphatic carbocycles. The maximum Gasteiger partial charge on any atom is 0.265 e. The molecular formula is C12H21F2NO. The van der Waals surface area contributed by atoms with E-state index in [1.54, 1.807) is 0 Å². The van der Waals surface area contributed by atoms with Gasteiger partial charge < -0.3 is 10.4 Å². The molecule has 0 bridgehead atoms. The molecule has 0 heterocycles. The number of nitrogens with one attached hydrogen (secondary N) is 1. The molecule has 0 aliphatic heterocycles. The molecule has 0 radical (unpaired) electrons. The molecule has 2 saturated carbocycles. The summed E-state index contributed by atoms with van der Waals surface area (Å²) >= 11 is 0. The van der Waals surface area contributed by atoms with Crippen molar-refractivity contribution in [2.75, 3.05) is 6.54 Å². The van der Waals surface area contributed by atoms with Crippen molar-refractivity contribution in [1.29, 1.82) is 0 Å². The van der Waals surface area contributed by atoms with E-state index in [-0.39, 0.29) is 6.54 Å². The van der Waals surface area contributed by atoms with Crippen LogP contribution in [0.1, 0.15) is 44.9 Å². The van der Waals surface area contributed by atoms with Crippen molar-refractivity contribution in [2.45, 2.75) is 63.5 Å². The van der Waals surface area contributed by atoms with E-state index in [9.17, 15) is 8.78 Å². The van der Waals surface area contributed by atoms with Gasteiger partial charge >= 0.3 is 0 Å². The lowest BCUT2D eigenvalue weighted by atomic mass is 9.57. The van der Waals surface area contributed by atoms with Gasteiger partial charge in [0.05, 0.1) is 0 Å². The quantitative estimate of drug-likeness (QED) is 0.781. The highest BCUT2D eigenvalue weighted by atomic mass is 19.3. The highest BCUT2D eigenvalue weighted by molar-refractivity contribution is 5.01. The summed E-state index contributed by atoms with van der Waals surface area (Å²) in [6, 6.07) is 0.362. The third kappa shape index (κ3) is 2.38. The van der Waals surface area contributed by atoms with Crippen molar-refractivity contribution >= 4 is 0 Å². The average Bonchev–Trinajstić information content (AvgIpc) is 2.28. The van der Waals surface area contributed by atoms with Crippen molar-refractivity contribution in [3.63, 3.8) is 0 Å². The highest BCUT2D eigenvalue weighted by Crippen LogP contribution is 2.51. The fraction of sp³-hybridized carbons (Fsp3) is 1.00. The van der Waals surface area contributed by atoms with E-state index >= 15 is 0 Å². The van der Waals surface area contributed by atoms with Gasteiger partial charge in [0.1, 0.15) is 6.10 Å². The van der Waals surface area contributed by atoms with Gasteiger partial charge in [-0.3, -0.25) is 0 Å². The van der Waals surface area contributed by atoms with E-state index in [1.807, 2.05) is 0 Å². The lowest BCUT2D eigenvalue weighted by Crippen LogP contribution is -2.56. The molecule has 0 aromatic heterocycles. The molecular weight excluding hydrogens is 212 g/mol. The molecule has 16 heavy (non-hydrogen) atoms. The molecule has 2 nitrogen and oxygen atoms in total. The van der Waals surface area contributed by atoms with Gasteiger partial charge in [0.25, 0.3) is 6.43 Å². The zero-order chi connectivity index (χ0) is 11.6. The molecule has 0 saturated heterocycles. The first-order valence-electron chi connectivity index (χ1n) is 6.34. The molecule has 2 rings (SSSR count). The molecule has 1 spiro atoms. The van der Waals surface area contributed by atoms with Crippen molar-refractivity contribution in [2.24, 2.45) is 5.41 Å². The minimum absolute atomic E-state index is 0.0318. The number of alkyl halides is 2. The number of halogens is 2. The number of aliphatic hydroxyl groups is 1. The van der Waals surface area contributed by atoms with Crippen LogP contribution in [0.15, 0.2) is 0 Å². The summed E-state index contributed by atoms with van der Waals surface area (Å²) in [5.41, 5.74) is 0.375. The summed E-state index contributed by atoms with van der Waals surface area (Å²) < 4.78 is 24.3. The molecule has 2 fully saturated rings. The Balaban J connectivity index is 1.77. The second-order valence-corrected chi connectivity index (χ2v) is 5.32. The van der Waals surface area contributed by atoms with Crippen LogP contribution in [0.5, 0.6) is 0 Å². The highest BCUT2D eigenvalue weighted by Gasteiger charge is 2.46. The molecule has 4 heteroatoms. The average molecular weight is 233 g/mol. The second-order valence-electron chi connectivity index (χ2n) is 5.32. The smallest absolute Gasteiger partial charge is 0.265 e. The predicted octanol–water partition coefficient (Wildman–Crippen LogP) is 2.31. The van der Waals surface area contributed by atoms with Gasteiger partial charge in [-0.1, -0.05) is 19.3 Å². The molecule has 0 aromatic carbocycles. The first kappa shape index (κ1) is 12.2. The zero-order valence-corrected chi connectivity index (χ0v) is 9.59. The van der Waals surface area contributed by atoms with Crippen molar-refractivity contribution in [3.05, 3.63) is 0 Å². The Morgan fingerprint density at radius 3 is 2.38 bits per heavy atom. The molecule has 2 N–H and O–H groups in total. The molecule has 2 unspecified atom stereocenters. The summed E-state index contributed by atoms with van der Waals surface area (Å²) in [6.07, 6.45) is 4.49. The maximum atomic E-state index is 12.1. The third-order valence-electron chi connectivity index (χ3n) is 4.38. The van der Waals surface area contributed by atoms with E-state index in [1.165, 1.54) is 38.5 Å². The van der Waals surface area contributed by atoms with Crippen LogP contribution < -0.4 is 5.32 Å². The fourth-order valence-corrected chi connectivity index (χ4v) is 3.22. The molecule has 2 atom stereocenters. The van der Waals surface area contributed by atoms with E-state index in [4.69, 9.17) is 5.11 Å². The first-order chi connectivity index (χ1) is 7.64. The minimum Gasteiger partial charge on any atom is -0.386 e. The molecule has 94 valence electrons. The second kappa shape index (κ2) is 4.96. The van der Waals surface area contributed by atoms with Crippen LogP contribution in [0.2, 0.25) is 0 Å². The Bertz CT molecular complexity index is 229. The molecule has 0 aromatic rings. The number of hydrogen-bond acceptors (Lipinski definition) is 2. The zero-order valence-electron chi connectivity index (χ0n) is 9.59. The SMILES string of the molecule is OC(CNC1CCC12CCCCC2)C(F)F. The Kier molecular flexibility index (Phi) is 3.80. The van der Waals surface area contributed by atoms with Crippen LogP contribution in [-0.4, -0.2) is 30.2 Å². The van der Waals surface area contributed by atoms with E-state index in [0.717, 1.165) is 6.42 Å². The van der Waals surface area contributed by atoms with Crippen molar-refractivity contribution in [3.8, 4) is 0 Å². The van der Waals surface area contributed by atoms with Crippen molar-refractivity contribution in [1.82, 2.24) is 5.32 Å².